The van der Waals surface area contributed by atoms with Crippen LogP contribution in [0.1, 0.15) is 10.5 Å². The molecule has 0 unspecified atom stereocenters. The maximum absolute atomic E-state index is 10.8. The Kier molecular flexibility index (Phi) is 2.64. The monoisotopic (exact) mass is 214 g/mol. The second-order valence-electron chi connectivity index (χ2n) is 2.95. The van der Waals surface area contributed by atoms with Gasteiger partial charge in [0.25, 0.3) is 0 Å². The number of aromatic carboxylic acids is 1. The topological polar surface area (TPSA) is 62.7 Å². The summed E-state index contributed by atoms with van der Waals surface area (Å²) in [6.45, 7) is 2.77. The van der Waals surface area contributed by atoms with Crippen LogP contribution in [-0.4, -0.2) is 41.8 Å². The first-order valence-electron chi connectivity index (χ1n) is 4.29. The number of rotatable bonds is 2. The summed E-state index contributed by atoms with van der Waals surface area (Å²) in [5.74, 6) is -0.965. The van der Waals surface area contributed by atoms with E-state index in [1.165, 1.54) is 11.5 Å². The van der Waals surface area contributed by atoms with E-state index >= 15 is 0 Å². The SMILES string of the molecule is O=C(O)c1nscc1N1CCOCC1. The lowest BCUT2D eigenvalue weighted by atomic mass is 10.3. The van der Waals surface area contributed by atoms with Gasteiger partial charge in [0.1, 0.15) is 0 Å². The fraction of sp³-hybridized carbons (Fsp3) is 0.500. The van der Waals surface area contributed by atoms with Gasteiger partial charge >= 0.3 is 5.97 Å². The fourth-order valence-corrected chi connectivity index (χ4v) is 2.10. The van der Waals surface area contributed by atoms with Gasteiger partial charge in [-0.3, -0.25) is 0 Å². The summed E-state index contributed by atoms with van der Waals surface area (Å²) in [6, 6.07) is 0. The van der Waals surface area contributed by atoms with Gasteiger partial charge < -0.3 is 14.7 Å². The molecule has 1 aliphatic heterocycles. The van der Waals surface area contributed by atoms with Crippen molar-refractivity contribution in [2.24, 2.45) is 0 Å². The Morgan fingerprint density at radius 1 is 1.57 bits per heavy atom. The zero-order chi connectivity index (χ0) is 9.97. The van der Waals surface area contributed by atoms with Gasteiger partial charge in [-0.25, -0.2) is 4.79 Å². The predicted molar refractivity (Wildman–Crippen MR) is 52.1 cm³/mol. The number of carboxylic acids is 1. The van der Waals surface area contributed by atoms with Crippen LogP contribution in [0.3, 0.4) is 0 Å². The largest absolute Gasteiger partial charge is 0.476 e. The first-order valence-corrected chi connectivity index (χ1v) is 5.13. The molecule has 5 nitrogen and oxygen atoms in total. The molecule has 2 rings (SSSR count). The molecule has 0 saturated carbocycles. The van der Waals surface area contributed by atoms with Crippen molar-refractivity contribution in [1.82, 2.24) is 4.37 Å². The maximum atomic E-state index is 10.8. The summed E-state index contributed by atoms with van der Waals surface area (Å²) in [5.41, 5.74) is 0.864. The number of aromatic nitrogens is 1. The Bertz CT molecular complexity index is 333. The fourth-order valence-electron chi connectivity index (χ4n) is 1.41. The highest BCUT2D eigenvalue weighted by atomic mass is 32.1. The van der Waals surface area contributed by atoms with Crippen LogP contribution in [0.5, 0.6) is 0 Å². The van der Waals surface area contributed by atoms with Gasteiger partial charge in [0.05, 0.1) is 18.9 Å². The minimum Gasteiger partial charge on any atom is -0.476 e. The molecule has 1 saturated heterocycles. The van der Waals surface area contributed by atoms with E-state index in [4.69, 9.17) is 9.84 Å². The van der Waals surface area contributed by atoms with E-state index in [1.54, 1.807) is 5.38 Å². The van der Waals surface area contributed by atoms with E-state index in [0.29, 0.717) is 18.9 Å². The molecule has 14 heavy (non-hydrogen) atoms. The number of carbonyl (C=O) groups is 1. The Labute approximate surface area is 85.1 Å². The summed E-state index contributed by atoms with van der Waals surface area (Å²) < 4.78 is 9.04. The standard InChI is InChI=1S/C8H10N2O3S/c11-8(12)7-6(5-14-9-7)10-1-3-13-4-2-10/h5H,1-4H2,(H,11,12). The zero-order valence-corrected chi connectivity index (χ0v) is 8.29. The molecule has 1 aromatic rings. The number of anilines is 1. The number of carboxylic acid groups (broad SMARTS) is 1. The van der Waals surface area contributed by atoms with E-state index in [2.05, 4.69) is 4.37 Å². The van der Waals surface area contributed by atoms with Crippen LogP contribution < -0.4 is 4.90 Å². The molecular weight excluding hydrogens is 204 g/mol. The summed E-state index contributed by atoms with van der Waals surface area (Å²) >= 11 is 1.17. The van der Waals surface area contributed by atoms with E-state index in [1.807, 2.05) is 4.90 Å². The molecule has 1 fully saturated rings. The minimum absolute atomic E-state index is 0.150. The zero-order valence-electron chi connectivity index (χ0n) is 7.47. The predicted octanol–water partition coefficient (Wildman–Crippen LogP) is 0.678. The van der Waals surface area contributed by atoms with Gasteiger partial charge in [-0.15, -0.1) is 0 Å². The molecule has 0 amide bonds. The van der Waals surface area contributed by atoms with Crippen LogP contribution in [0.15, 0.2) is 5.38 Å². The van der Waals surface area contributed by atoms with Crippen molar-refractivity contribution in [2.75, 3.05) is 31.2 Å². The Balaban J connectivity index is 2.21. The van der Waals surface area contributed by atoms with Crippen LogP contribution in [0.2, 0.25) is 0 Å². The molecule has 0 radical (unpaired) electrons. The van der Waals surface area contributed by atoms with E-state index in [-0.39, 0.29) is 5.69 Å². The van der Waals surface area contributed by atoms with Crippen molar-refractivity contribution in [3.63, 3.8) is 0 Å². The maximum Gasteiger partial charge on any atom is 0.357 e. The second-order valence-corrected chi connectivity index (χ2v) is 3.58. The van der Waals surface area contributed by atoms with Gasteiger partial charge in [-0.1, -0.05) is 0 Å². The Morgan fingerprint density at radius 3 is 2.93 bits per heavy atom. The smallest absolute Gasteiger partial charge is 0.357 e. The summed E-state index contributed by atoms with van der Waals surface area (Å²) in [7, 11) is 0. The molecule has 76 valence electrons. The van der Waals surface area contributed by atoms with Gasteiger partial charge in [0, 0.05) is 18.5 Å². The summed E-state index contributed by atoms with van der Waals surface area (Å²) in [5, 5.41) is 10.6. The number of hydrogen-bond acceptors (Lipinski definition) is 5. The highest BCUT2D eigenvalue weighted by Gasteiger charge is 2.20. The normalized spacial score (nSPS) is 17.0. The van der Waals surface area contributed by atoms with Crippen molar-refractivity contribution >= 4 is 23.2 Å². The molecular formula is C8H10N2O3S. The molecule has 2 heterocycles. The molecule has 1 N–H and O–H groups in total. The number of morpholine rings is 1. The molecule has 1 aliphatic rings. The minimum atomic E-state index is -0.965. The van der Waals surface area contributed by atoms with Crippen molar-refractivity contribution in [3.8, 4) is 0 Å². The molecule has 0 aromatic carbocycles. The van der Waals surface area contributed by atoms with Gasteiger partial charge in [-0.2, -0.15) is 4.37 Å². The molecule has 6 heteroatoms. The third-order valence-electron chi connectivity index (χ3n) is 2.11. The first kappa shape index (κ1) is 9.42. The second kappa shape index (κ2) is 3.93. The summed E-state index contributed by atoms with van der Waals surface area (Å²) in [6.07, 6.45) is 0. The Hall–Kier alpha value is -1.14. The average molecular weight is 214 g/mol. The van der Waals surface area contributed by atoms with Crippen LogP contribution >= 0.6 is 11.5 Å². The first-order chi connectivity index (χ1) is 6.79. The molecule has 0 spiro atoms. The van der Waals surface area contributed by atoms with E-state index in [0.717, 1.165) is 13.1 Å². The lowest BCUT2D eigenvalue weighted by Gasteiger charge is -2.27. The number of ether oxygens (including phenoxy) is 1. The van der Waals surface area contributed by atoms with Crippen LogP contribution in [0.4, 0.5) is 5.69 Å². The molecule has 1 aromatic heterocycles. The molecule has 0 aliphatic carbocycles. The van der Waals surface area contributed by atoms with Crippen molar-refractivity contribution < 1.29 is 14.6 Å². The van der Waals surface area contributed by atoms with Gasteiger partial charge in [0.2, 0.25) is 0 Å². The van der Waals surface area contributed by atoms with E-state index < -0.39 is 5.97 Å². The quantitative estimate of drug-likeness (QED) is 0.784. The van der Waals surface area contributed by atoms with Crippen molar-refractivity contribution in [2.45, 2.75) is 0 Å². The third kappa shape index (κ3) is 1.71. The van der Waals surface area contributed by atoms with Crippen molar-refractivity contribution in [3.05, 3.63) is 11.1 Å². The van der Waals surface area contributed by atoms with Gasteiger partial charge in [-0.05, 0) is 11.5 Å². The van der Waals surface area contributed by atoms with E-state index in [9.17, 15) is 4.79 Å². The molecule has 0 atom stereocenters. The van der Waals surface area contributed by atoms with Crippen LogP contribution in [0, 0.1) is 0 Å². The van der Waals surface area contributed by atoms with Crippen molar-refractivity contribution in [1.29, 1.82) is 0 Å². The highest BCUT2D eigenvalue weighted by Crippen LogP contribution is 2.22. The number of hydrogen-bond donors (Lipinski definition) is 1. The van der Waals surface area contributed by atoms with Crippen LogP contribution in [-0.2, 0) is 4.74 Å². The highest BCUT2D eigenvalue weighted by molar-refractivity contribution is 7.04. The van der Waals surface area contributed by atoms with Gasteiger partial charge in [0.15, 0.2) is 5.69 Å². The lowest BCUT2D eigenvalue weighted by Crippen LogP contribution is -2.36. The van der Waals surface area contributed by atoms with Crippen LogP contribution in [0.25, 0.3) is 0 Å². The summed E-state index contributed by atoms with van der Waals surface area (Å²) in [4.78, 5) is 12.8. The third-order valence-corrected chi connectivity index (χ3v) is 2.72. The average Bonchev–Trinajstić information content (AvgIpc) is 2.67. The number of nitrogens with zero attached hydrogens (tertiary/aromatic N) is 2. The Morgan fingerprint density at radius 2 is 2.29 bits per heavy atom. The molecule has 0 bridgehead atoms. The lowest BCUT2D eigenvalue weighted by molar-refractivity contribution is 0.0691.